The Bertz CT molecular complexity index is 2940. The van der Waals surface area contributed by atoms with Crippen LogP contribution in [-0.2, 0) is 14.3 Å². The number of piperidine rings is 1. The molecular weight excluding hydrogens is 809 g/mol. The van der Waals surface area contributed by atoms with Crippen molar-refractivity contribution in [1.29, 1.82) is 0 Å². The number of methoxy groups -OCH3 is 1. The topological polar surface area (TPSA) is 186 Å². The van der Waals surface area contributed by atoms with Gasteiger partial charge in [0.1, 0.15) is 23.7 Å². The van der Waals surface area contributed by atoms with E-state index in [0.717, 1.165) is 92.9 Å². The standard InChI is InChI=1S/C50H50N8O6/c1-27(2)41(56-50(63)64-3)47(59)57-21-7-10-40(57)45-52-38-20-17-33-23-32(16-19-37(33)43(38)54-45)29-11-12-31-24-34(14-13-30(31)22-29)39-26-51-46(53-39)44-35-15-18-36(25-35)58(44)48(60)42(55-49(61)62)28-8-5-4-6-9-28/h4-6,8-9,11-14,16-17,19-20,22-24,26-27,35-36,40-42,44,55H,7,10,15,18,21,25H2,1-3H3,(H,51,53)(H,52,54)(H,56,63)(H,61,62)/t35-,36+,40-,41-,42+,44-/m0/s1. The zero-order valence-electron chi connectivity index (χ0n) is 35.9. The molecule has 2 bridgehead atoms. The van der Waals surface area contributed by atoms with Gasteiger partial charge in [-0.2, -0.15) is 0 Å². The number of carbonyl (C=O) groups excluding carboxylic acids is 3. The van der Waals surface area contributed by atoms with E-state index in [1.54, 1.807) is 12.1 Å². The molecule has 5 N–H and O–H groups in total. The Morgan fingerprint density at radius 2 is 1.52 bits per heavy atom. The second kappa shape index (κ2) is 16.5. The maximum absolute atomic E-state index is 14.2. The quantitative estimate of drug-likeness (QED) is 0.0902. The van der Waals surface area contributed by atoms with Gasteiger partial charge in [-0.25, -0.2) is 19.6 Å². The number of aromatic amines is 2. The van der Waals surface area contributed by atoms with Crippen molar-refractivity contribution >= 4 is 56.6 Å². The van der Waals surface area contributed by atoms with Crippen molar-refractivity contribution in [3.05, 3.63) is 120 Å². The summed E-state index contributed by atoms with van der Waals surface area (Å²) in [6.07, 6.45) is 4.32. The summed E-state index contributed by atoms with van der Waals surface area (Å²) in [5.41, 5.74) is 6.36. The molecule has 4 heterocycles. The lowest BCUT2D eigenvalue weighted by Gasteiger charge is -2.36. The van der Waals surface area contributed by atoms with Crippen LogP contribution in [-0.4, -0.2) is 84.6 Å². The van der Waals surface area contributed by atoms with E-state index >= 15 is 0 Å². The van der Waals surface area contributed by atoms with E-state index in [1.165, 1.54) is 7.11 Å². The molecule has 3 fully saturated rings. The largest absolute Gasteiger partial charge is 0.465 e. The third kappa shape index (κ3) is 7.35. The normalized spacial score (nSPS) is 20.3. The number of amides is 4. The van der Waals surface area contributed by atoms with Crippen molar-refractivity contribution in [2.24, 2.45) is 11.8 Å². The summed E-state index contributed by atoms with van der Waals surface area (Å²) < 4.78 is 4.80. The van der Waals surface area contributed by atoms with E-state index in [0.29, 0.717) is 17.9 Å². The second-order valence-corrected chi connectivity index (χ2v) is 17.7. The average Bonchev–Trinajstić information content (AvgIpc) is 4.18. The van der Waals surface area contributed by atoms with Crippen molar-refractivity contribution in [1.82, 2.24) is 40.4 Å². The van der Waals surface area contributed by atoms with Crippen LogP contribution < -0.4 is 10.6 Å². The number of hydrogen-bond acceptors (Lipinski definition) is 7. The number of rotatable bonds is 10. The lowest BCUT2D eigenvalue weighted by atomic mass is 9.96. The van der Waals surface area contributed by atoms with Crippen molar-refractivity contribution in [3.8, 4) is 22.4 Å². The number of aromatic nitrogens is 4. The van der Waals surface area contributed by atoms with Crippen LogP contribution in [0.1, 0.15) is 81.3 Å². The van der Waals surface area contributed by atoms with Crippen LogP contribution in [0.25, 0.3) is 55.0 Å². The Hall–Kier alpha value is -7.22. The van der Waals surface area contributed by atoms with Crippen molar-refractivity contribution in [3.63, 3.8) is 0 Å². The Morgan fingerprint density at radius 3 is 2.27 bits per heavy atom. The molecule has 2 aromatic heterocycles. The molecule has 6 atom stereocenters. The summed E-state index contributed by atoms with van der Waals surface area (Å²) >= 11 is 0. The number of carboxylic acid groups (broad SMARTS) is 1. The van der Waals surface area contributed by atoms with Crippen LogP contribution in [0.5, 0.6) is 0 Å². The van der Waals surface area contributed by atoms with Crippen molar-refractivity contribution in [2.75, 3.05) is 13.7 Å². The van der Waals surface area contributed by atoms with E-state index in [1.807, 2.05) is 54.1 Å². The van der Waals surface area contributed by atoms with Gasteiger partial charge in [0.15, 0.2) is 0 Å². The molecule has 5 aromatic carbocycles. The molecule has 64 heavy (non-hydrogen) atoms. The van der Waals surface area contributed by atoms with E-state index in [9.17, 15) is 24.3 Å². The van der Waals surface area contributed by atoms with Crippen LogP contribution in [0.15, 0.2) is 103 Å². The molecule has 3 aliphatic rings. The zero-order valence-corrected chi connectivity index (χ0v) is 35.9. The molecule has 10 rings (SSSR count). The highest BCUT2D eigenvalue weighted by Crippen LogP contribution is 2.50. The second-order valence-electron chi connectivity index (χ2n) is 17.7. The SMILES string of the molecule is COC(=O)N[C@H](C(=O)N1CCC[C@H]1c1nc2c(ccc3cc(-c4ccc5cc(-c6cnc([C@@H]7[C@H]8CC[C@H](C8)N7C(=O)[C@H](NC(=O)O)c7ccccc7)[nH]6)ccc5c4)ccc32)[nH]1)C(C)C. The van der Waals surface area contributed by atoms with Gasteiger partial charge in [0, 0.05) is 23.5 Å². The smallest absolute Gasteiger partial charge is 0.407 e. The molecule has 2 saturated heterocycles. The third-order valence-electron chi connectivity index (χ3n) is 13.6. The molecule has 14 nitrogen and oxygen atoms in total. The summed E-state index contributed by atoms with van der Waals surface area (Å²) in [6, 6.07) is 30.2. The van der Waals surface area contributed by atoms with E-state index in [2.05, 4.69) is 81.3 Å². The minimum Gasteiger partial charge on any atom is -0.465 e. The predicted octanol–water partition coefficient (Wildman–Crippen LogP) is 9.03. The maximum atomic E-state index is 14.2. The van der Waals surface area contributed by atoms with Gasteiger partial charge < -0.3 is 40.2 Å². The number of hydrogen-bond donors (Lipinski definition) is 5. The summed E-state index contributed by atoms with van der Waals surface area (Å²) in [7, 11) is 1.29. The van der Waals surface area contributed by atoms with Crippen molar-refractivity contribution < 1.29 is 29.0 Å². The first-order valence-corrected chi connectivity index (χ1v) is 22.1. The number of ether oxygens (including phenoxy) is 1. The number of imidazole rings is 2. The molecule has 0 spiro atoms. The average molecular weight is 859 g/mol. The number of nitrogens with zero attached hydrogens (tertiary/aromatic N) is 4. The molecule has 0 radical (unpaired) electrons. The minimum absolute atomic E-state index is 0.0315. The number of carbonyl (C=O) groups is 4. The Labute approximate surface area is 369 Å². The number of H-pyrrole nitrogens is 2. The molecule has 0 unspecified atom stereocenters. The monoisotopic (exact) mass is 858 g/mol. The van der Waals surface area contributed by atoms with Gasteiger partial charge in [0.05, 0.1) is 42.1 Å². The van der Waals surface area contributed by atoms with Gasteiger partial charge in [0.25, 0.3) is 5.91 Å². The van der Waals surface area contributed by atoms with Gasteiger partial charge >= 0.3 is 12.2 Å². The van der Waals surface area contributed by atoms with Crippen molar-refractivity contribution in [2.45, 2.75) is 76.2 Å². The highest BCUT2D eigenvalue weighted by Gasteiger charge is 2.51. The number of nitrogens with one attached hydrogen (secondary N) is 4. The highest BCUT2D eigenvalue weighted by molar-refractivity contribution is 6.06. The maximum Gasteiger partial charge on any atom is 0.407 e. The van der Waals surface area contributed by atoms with Crippen LogP contribution in [0.4, 0.5) is 9.59 Å². The lowest BCUT2D eigenvalue weighted by Crippen LogP contribution is -2.51. The molecule has 14 heteroatoms. The summed E-state index contributed by atoms with van der Waals surface area (Å²) in [4.78, 5) is 72.5. The first-order chi connectivity index (χ1) is 31.0. The predicted molar refractivity (Wildman–Crippen MR) is 243 cm³/mol. The molecule has 7 aromatic rings. The number of alkyl carbamates (subject to hydrolysis) is 1. The molecule has 2 aliphatic heterocycles. The van der Waals surface area contributed by atoms with E-state index in [-0.39, 0.29) is 41.8 Å². The van der Waals surface area contributed by atoms with Crippen LogP contribution in [0.2, 0.25) is 0 Å². The van der Waals surface area contributed by atoms with Gasteiger partial charge in [-0.05, 0) is 101 Å². The molecule has 326 valence electrons. The fourth-order valence-electron chi connectivity index (χ4n) is 10.4. The lowest BCUT2D eigenvalue weighted by molar-refractivity contribution is -0.138. The fraction of sp³-hybridized carbons (Fsp3) is 0.320. The Balaban J connectivity index is 0.878. The van der Waals surface area contributed by atoms with Crippen LogP contribution >= 0.6 is 0 Å². The summed E-state index contributed by atoms with van der Waals surface area (Å²) in [5.74, 6) is 1.18. The number of likely N-dealkylation sites (tertiary alicyclic amines) is 2. The Morgan fingerprint density at radius 1 is 0.797 bits per heavy atom. The molecule has 1 saturated carbocycles. The number of fused-ring (bicyclic) bond motifs is 6. The van der Waals surface area contributed by atoms with E-state index < -0.39 is 24.3 Å². The first-order valence-electron chi connectivity index (χ1n) is 22.1. The highest BCUT2D eigenvalue weighted by atomic mass is 16.5. The third-order valence-corrected chi connectivity index (χ3v) is 13.6. The van der Waals surface area contributed by atoms with E-state index in [4.69, 9.17) is 14.7 Å². The summed E-state index contributed by atoms with van der Waals surface area (Å²) in [6.45, 7) is 4.40. The van der Waals surface area contributed by atoms with Gasteiger partial charge in [-0.15, -0.1) is 0 Å². The Kier molecular flexibility index (Phi) is 10.5. The summed E-state index contributed by atoms with van der Waals surface area (Å²) in [5, 5.41) is 19.1. The number of benzene rings is 5. The minimum atomic E-state index is -1.24. The van der Waals surface area contributed by atoms with Gasteiger partial charge in [0.2, 0.25) is 5.91 Å². The van der Waals surface area contributed by atoms with Gasteiger partial charge in [-0.3, -0.25) is 9.59 Å². The molecule has 4 amide bonds. The van der Waals surface area contributed by atoms with Crippen LogP contribution in [0.3, 0.4) is 0 Å². The fourth-order valence-corrected chi connectivity index (χ4v) is 10.4. The van der Waals surface area contributed by atoms with Gasteiger partial charge in [-0.1, -0.05) is 86.6 Å². The zero-order chi connectivity index (χ0) is 44.2. The first kappa shape index (κ1) is 40.8. The molecule has 1 aliphatic carbocycles. The van der Waals surface area contributed by atoms with Crippen LogP contribution in [0, 0.1) is 11.8 Å². The molecular formula is C50H50N8O6.